The summed E-state index contributed by atoms with van der Waals surface area (Å²) in [6, 6.07) is 15.0. The molecule has 0 aliphatic heterocycles. The predicted molar refractivity (Wildman–Crippen MR) is 140 cm³/mol. The van der Waals surface area contributed by atoms with E-state index < -0.39 is 0 Å². The summed E-state index contributed by atoms with van der Waals surface area (Å²) in [7, 11) is 0. The summed E-state index contributed by atoms with van der Waals surface area (Å²) in [4.78, 5) is 12.7. The molecule has 0 amide bonds. The van der Waals surface area contributed by atoms with E-state index >= 15 is 0 Å². The molecule has 0 aliphatic rings. The highest BCUT2D eigenvalue weighted by Gasteiger charge is 2.12. The molecule has 0 saturated carbocycles. The van der Waals surface area contributed by atoms with Gasteiger partial charge in [-0.05, 0) is 56.0 Å². The highest BCUT2D eigenvalue weighted by molar-refractivity contribution is 5.91. The summed E-state index contributed by atoms with van der Waals surface area (Å²) < 4.78 is 17.4. The number of ether oxygens (including phenoxy) is 3. The smallest absolute Gasteiger partial charge is 0.343 e. The van der Waals surface area contributed by atoms with Crippen LogP contribution in [-0.2, 0) is 11.2 Å². The lowest BCUT2D eigenvalue weighted by atomic mass is 10.1. The van der Waals surface area contributed by atoms with E-state index in [9.17, 15) is 4.79 Å². The van der Waals surface area contributed by atoms with Gasteiger partial charge >= 0.3 is 5.97 Å². The van der Waals surface area contributed by atoms with Crippen LogP contribution >= 0.6 is 0 Å². The molecule has 2 aromatic rings. The maximum atomic E-state index is 12.7. The van der Waals surface area contributed by atoms with Crippen LogP contribution < -0.4 is 9.47 Å². The van der Waals surface area contributed by atoms with Crippen LogP contribution in [-0.4, -0.2) is 25.3 Å². The van der Waals surface area contributed by atoms with Gasteiger partial charge in [0.2, 0.25) is 0 Å². The van der Waals surface area contributed by atoms with Gasteiger partial charge in [-0.1, -0.05) is 89.5 Å². The minimum Gasteiger partial charge on any atom is -0.490 e. The van der Waals surface area contributed by atoms with Crippen LogP contribution in [0.5, 0.6) is 11.5 Å². The maximum absolute atomic E-state index is 12.7. The summed E-state index contributed by atoms with van der Waals surface area (Å²) in [5.74, 6) is 0.714. The Hall–Kier alpha value is -2.33. The molecule has 34 heavy (non-hydrogen) atoms. The van der Waals surface area contributed by atoms with Crippen molar-refractivity contribution in [2.24, 2.45) is 0 Å². The molecule has 0 aliphatic carbocycles. The molecule has 1 atom stereocenters. The van der Waals surface area contributed by atoms with Gasteiger partial charge < -0.3 is 14.2 Å². The minimum atomic E-state index is -0.373. The van der Waals surface area contributed by atoms with E-state index in [0.717, 1.165) is 31.2 Å². The summed E-state index contributed by atoms with van der Waals surface area (Å²) in [5, 5.41) is 0. The Labute approximate surface area is 207 Å². The molecule has 2 rings (SSSR count). The van der Waals surface area contributed by atoms with E-state index in [1.807, 2.05) is 42.5 Å². The highest BCUT2D eigenvalue weighted by Crippen LogP contribution is 2.27. The van der Waals surface area contributed by atoms with Crippen molar-refractivity contribution in [2.45, 2.75) is 97.5 Å². The van der Waals surface area contributed by atoms with Gasteiger partial charge in [0.25, 0.3) is 0 Å². The average Bonchev–Trinajstić information content (AvgIpc) is 2.84. The van der Waals surface area contributed by atoms with Crippen molar-refractivity contribution in [1.82, 2.24) is 0 Å². The van der Waals surface area contributed by atoms with Gasteiger partial charge in [0.1, 0.15) is 0 Å². The third-order valence-electron chi connectivity index (χ3n) is 5.99. The first-order valence-corrected chi connectivity index (χ1v) is 13.3. The van der Waals surface area contributed by atoms with Gasteiger partial charge in [-0.3, -0.25) is 0 Å². The Bertz CT molecular complexity index is 800. The zero-order valence-corrected chi connectivity index (χ0v) is 21.5. The Kier molecular flexibility index (Phi) is 14.1. The normalized spacial score (nSPS) is 11.9. The lowest BCUT2D eigenvalue weighted by Gasteiger charge is -2.12. The highest BCUT2D eigenvalue weighted by atomic mass is 16.6. The third-order valence-corrected chi connectivity index (χ3v) is 5.99. The van der Waals surface area contributed by atoms with Crippen molar-refractivity contribution in [2.75, 3.05) is 13.2 Å². The number of unbranched alkanes of at least 4 members (excludes halogenated alkanes) is 7. The number of benzene rings is 2. The topological polar surface area (TPSA) is 44.8 Å². The van der Waals surface area contributed by atoms with Crippen molar-refractivity contribution in [3.63, 3.8) is 0 Å². The predicted octanol–water partition coefficient (Wildman–Crippen LogP) is 8.17. The lowest BCUT2D eigenvalue weighted by Crippen LogP contribution is -2.11. The van der Waals surface area contributed by atoms with E-state index in [-0.39, 0.29) is 12.1 Å². The van der Waals surface area contributed by atoms with E-state index in [1.165, 1.54) is 44.9 Å². The fourth-order valence-electron chi connectivity index (χ4n) is 3.91. The second kappa shape index (κ2) is 17.2. The summed E-state index contributed by atoms with van der Waals surface area (Å²) in [6.07, 6.45) is 13.4. The molecular formula is C30H44O4. The molecular weight excluding hydrogens is 424 g/mol. The number of carbonyl (C=O) groups is 1. The Morgan fingerprint density at radius 3 is 2.09 bits per heavy atom. The van der Waals surface area contributed by atoms with Crippen LogP contribution in [0.4, 0.5) is 0 Å². The fourth-order valence-corrected chi connectivity index (χ4v) is 3.91. The molecule has 1 unspecified atom stereocenters. The third kappa shape index (κ3) is 11.2. The number of esters is 1. The van der Waals surface area contributed by atoms with Gasteiger partial charge in [0.15, 0.2) is 11.5 Å². The number of rotatable bonds is 18. The zero-order chi connectivity index (χ0) is 24.4. The first-order chi connectivity index (χ1) is 16.6. The van der Waals surface area contributed by atoms with Gasteiger partial charge in [0.05, 0.1) is 24.9 Å². The Balaban J connectivity index is 1.75. The number of carbonyl (C=O) groups excluding carboxylic acids is 1. The number of hydrogen-bond acceptors (Lipinski definition) is 4. The zero-order valence-electron chi connectivity index (χ0n) is 21.5. The largest absolute Gasteiger partial charge is 0.490 e. The van der Waals surface area contributed by atoms with Crippen molar-refractivity contribution < 1.29 is 19.0 Å². The monoisotopic (exact) mass is 468 g/mol. The van der Waals surface area contributed by atoms with Crippen molar-refractivity contribution in [3.8, 4) is 11.5 Å². The first kappa shape index (κ1) is 27.9. The summed E-state index contributed by atoms with van der Waals surface area (Å²) in [6.45, 7) is 7.85. The molecule has 0 heterocycles. The summed E-state index contributed by atoms with van der Waals surface area (Å²) in [5.41, 5.74) is 1.68. The van der Waals surface area contributed by atoms with Crippen molar-refractivity contribution in [1.29, 1.82) is 0 Å². The van der Waals surface area contributed by atoms with Crippen LogP contribution in [0.2, 0.25) is 0 Å². The van der Waals surface area contributed by atoms with Gasteiger partial charge in [0, 0.05) is 0 Å². The van der Waals surface area contributed by atoms with Gasteiger partial charge in [-0.25, -0.2) is 4.79 Å². The molecule has 0 spiro atoms. The van der Waals surface area contributed by atoms with Crippen molar-refractivity contribution in [3.05, 3.63) is 59.7 Å². The van der Waals surface area contributed by atoms with Crippen LogP contribution in [0.15, 0.2) is 48.5 Å². The maximum Gasteiger partial charge on any atom is 0.343 e. The molecule has 0 fully saturated rings. The molecule has 0 saturated heterocycles. The standard InChI is InChI=1S/C30H44O4/c1-4-6-7-8-9-10-11-14-23-33-28-16-12-13-17-29(28)34-30(31)27-20-18-26(19-21-27)22-24-32-25(3)15-5-2/h12-13,16-21,25H,4-11,14-15,22-24H2,1-3H3. The molecule has 4 nitrogen and oxygen atoms in total. The second-order valence-electron chi connectivity index (χ2n) is 9.08. The van der Waals surface area contributed by atoms with E-state index in [1.54, 1.807) is 6.07 Å². The van der Waals surface area contributed by atoms with Crippen LogP contribution in [0.25, 0.3) is 0 Å². The van der Waals surface area contributed by atoms with Crippen LogP contribution in [0, 0.1) is 0 Å². The first-order valence-electron chi connectivity index (χ1n) is 13.3. The number of para-hydroxylation sites is 2. The molecule has 0 bridgehead atoms. The van der Waals surface area contributed by atoms with Crippen LogP contribution in [0.3, 0.4) is 0 Å². The van der Waals surface area contributed by atoms with Crippen molar-refractivity contribution >= 4 is 5.97 Å². The second-order valence-corrected chi connectivity index (χ2v) is 9.08. The summed E-state index contributed by atoms with van der Waals surface area (Å²) >= 11 is 0. The quantitative estimate of drug-likeness (QED) is 0.126. The SMILES string of the molecule is CCCCCCCCCCOc1ccccc1OC(=O)c1ccc(CCOC(C)CCC)cc1. The molecule has 0 N–H and O–H groups in total. The minimum absolute atomic E-state index is 0.289. The molecule has 0 radical (unpaired) electrons. The lowest BCUT2D eigenvalue weighted by molar-refractivity contribution is 0.0621. The van der Waals surface area contributed by atoms with Crippen LogP contribution in [0.1, 0.15) is 101 Å². The Morgan fingerprint density at radius 2 is 1.41 bits per heavy atom. The Morgan fingerprint density at radius 1 is 0.765 bits per heavy atom. The molecule has 4 heteroatoms. The van der Waals surface area contributed by atoms with E-state index in [0.29, 0.717) is 30.3 Å². The fraction of sp³-hybridized carbons (Fsp3) is 0.567. The van der Waals surface area contributed by atoms with E-state index in [2.05, 4.69) is 20.8 Å². The number of hydrogen-bond donors (Lipinski definition) is 0. The van der Waals surface area contributed by atoms with Gasteiger partial charge in [-0.15, -0.1) is 0 Å². The molecule has 2 aromatic carbocycles. The average molecular weight is 469 g/mol. The molecule has 188 valence electrons. The molecule has 0 aromatic heterocycles. The van der Waals surface area contributed by atoms with E-state index in [4.69, 9.17) is 14.2 Å². The van der Waals surface area contributed by atoms with Gasteiger partial charge in [-0.2, -0.15) is 0 Å².